The fourth-order valence-corrected chi connectivity index (χ4v) is 1.05. The summed E-state index contributed by atoms with van der Waals surface area (Å²) in [5.41, 5.74) is 6.06. The van der Waals surface area contributed by atoms with Crippen LogP contribution in [0.4, 0.5) is 0 Å². The van der Waals surface area contributed by atoms with Gasteiger partial charge >= 0.3 is 0 Å². The normalized spacial score (nSPS) is 12.9. The first kappa shape index (κ1) is 8.29. The number of aromatic nitrogens is 2. The molecule has 0 aliphatic heterocycles. The lowest BCUT2D eigenvalue weighted by Gasteiger charge is -1.99. The summed E-state index contributed by atoms with van der Waals surface area (Å²) < 4.78 is 3.63. The van der Waals surface area contributed by atoms with Gasteiger partial charge in [-0.1, -0.05) is 4.49 Å². The lowest BCUT2D eigenvalue weighted by atomic mass is 10.1. The summed E-state index contributed by atoms with van der Waals surface area (Å²) in [6, 6.07) is -0.406. The van der Waals surface area contributed by atoms with Crippen molar-refractivity contribution >= 4 is 17.3 Å². The van der Waals surface area contributed by atoms with Gasteiger partial charge in [0.05, 0.1) is 18.2 Å². The molecule has 11 heavy (non-hydrogen) atoms. The van der Waals surface area contributed by atoms with Crippen molar-refractivity contribution in [3.8, 4) is 0 Å². The van der Waals surface area contributed by atoms with Crippen LogP contribution < -0.4 is 5.73 Å². The predicted octanol–water partition coefficient (Wildman–Crippen LogP) is -0.00310. The van der Waals surface area contributed by atoms with E-state index in [1.54, 1.807) is 12.3 Å². The molecule has 0 bridgehead atoms. The number of carbonyl (C=O) groups is 1. The van der Waals surface area contributed by atoms with Crippen LogP contribution in [0.25, 0.3) is 0 Å². The molecule has 0 aromatic carbocycles. The van der Waals surface area contributed by atoms with Gasteiger partial charge in [0.1, 0.15) is 0 Å². The Kier molecular flexibility index (Phi) is 2.67. The molecule has 4 nitrogen and oxygen atoms in total. The number of Topliss-reactive ketones (excluding diaryl/α,β-unsaturated/α-hetero) is 1. The highest BCUT2D eigenvalue weighted by Gasteiger charge is 2.09. The zero-order chi connectivity index (χ0) is 8.27. The first-order chi connectivity index (χ1) is 5.20. The van der Waals surface area contributed by atoms with Crippen molar-refractivity contribution in [3.63, 3.8) is 0 Å². The highest BCUT2D eigenvalue weighted by Crippen LogP contribution is 1.99. The molecule has 0 fully saturated rings. The van der Waals surface area contributed by atoms with E-state index in [4.69, 9.17) is 5.73 Å². The van der Waals surface area contributed by atoms with Gasteiger partial charge in [0.2, 0.25) is 0 Å². The van der Waals surface area contributed by atoms with Crippen LogP contribution in [0.5, 0.6) is 0 Å². The van der Waals surface area contributed by atoms with Crippen LogP contribution in [-0.4, -0.2) is 21.4 Å². The molecule has 0 aliphatic carbocycles. The van der Waals surface area contributed by atoms with Gasteiger partial charge in [-0.15, -0.1) is 5.10 Å². The Morgan fingerprint density at radius 1 is 1.91 bits per heavy atom. The highest BCUT2D eigenvalue weighted by atomic mass is 32.1. The summed E-state index contributed by atoms with van der Waals surface area (Å²) in [6.45, 7) is 1.67. The van der Waals surface area contributed by atoms with Crippen LogP contribution in [0, 0.1) is 0 Å². The predicted molar refractivity (Wildman–Crippen MR) is 42.3 cm³/mol. The average molecular weight is 171 g/mol. The quantitative estimate of drug-likeness (QED) is 0.694. The highest BCUT2D eigenvalue weighted by molar-refractivity contribution is 7.03. The Bertz CT molecular complexity index is 232. The third-order valence-corrected chi connectivity index (χ3v) is 1.82. The lowest BCUT2D eigenvalue weighted by molar-refractivity contribution is -0.119. The number of hydrogen-bond donors (Lipinski definition) is 1. The molecular formula is C6H9N3OS. The SMILES string of the molecule is C[C@@H](N)C(=O)Cc1csnn1. The van der Waals surface area contributed by atoms with Gasteiger partial charge < -0.3 is 5.73 Å². The standard InChI is InChI=1S/C6H9N3OS/c1-4(7)6(10)2-5-3-11-9-8-5/h3-4H,2,7H2,1H3/t4-/m1/s1. The van der Waals surface area contributed by atoms with Gasteiger partial charge in [0, 0.05) is 5.38 Å². The lowest BCUT2D eigenvalue weighted by Crippen LogP contribution is -2.28. The molecule has 0 unspecified atom stereocenters. The van der Waals surface area contributed by atoms with Crippen LogP contribution >= 0.6 is 11.5 Å². The van der Waals surface area contributed by atoms with Gasteiger partial charge in [-0.3, -0.25) is 4.79 Å². The molecule has 0 amide bonds. The molecule has 1 aromatic rings. The fraction of sp³-hybridized carbons (Fsp3) is 0.500. The van der Waals surface area contributed by atoms with E-state index in [0.717, 1.165) is 0 Å². The summed E-state index contributed by atoms with van der Waals surface area (Å²) in [5.74, 6) is -0.00213. The Morgan fingerprint density at radius 2 is 2.64 bits per heavy atom. The van der Waals surface area contributed by atoms with Gasteiger partial charge in [-0.2, -0.15) is 0 Å². The molecule has 0 saturated carbocycles. The van der Waals surface area contributed by atoms with E-state index in [9.17, 15) is 4.79 Å². The third kappa shape index (κ3) is 2.36. The molecule has 1 aromatic heterocycles. The molecule has 2 N–H and O–H groups in total. The molecule has 1 heterocycles. The van der Waals surface area contributed by atoms with Crippen LogP contribution in [0.1, 0.15) is 12.6 Å². The number of ketones is 1. The molecule has 0 spiro atoms. The van der Waals surface area contributed by atoms with E-state index in [1.165, 1.54) is 11.5 Å². The van der Waals surface area contributed by atoms with Crippen LogP contribution in [0.3, 0.4) is 0 Å². The van der Waals surface area contributed by atoms with Crippen molar-refractivity contribution in [3.05, 3.63) is 11.1 Å². The first-order valence-electron chi connectivity index (χ1n) is 3.24. The summed E-state index contributed by atoms with van der Waals surface area (Å²) >= 11 is 1.24. The second-order valence-corrected chi connectivity index (χ2v) is 2.94. The van der Waals surface area contributed by atoms with Crippen molar-refractivity contribution in [2.75, 3.05) is 0 Å². The molecule has 60 valence electrons. The van der Waals surface area contributed by atoms with Crippen molar-refractivity contribution in [2.24, 2.45) is 5.73 Å². The van der Waals surface area contributed by atoms with Crippen molar-refractivity contribution in [2.45, 2.75) is 19.4 Å². The van der Waals surface area contributed by atoms with E-state index in [0.29, 0.717) is 12.1 Å². The fourth-order valence-electron chi connectivity index (χ4n) is 0.601. The second-order valence-electron chi connectivity index (χ2n) is 2.33. The number of nitrogens with zero attached hydrogens (tertiary/aromatic N) is 2. The minimum absolute atomic E-state index is 0.00213. The van der Waals surface area contributed by atoms with E-state index < -0.39 is 6.04 Å². The molecule has 5 heteroatoms. The van der Waals surface area contributed by atoms with Gasteiger partial charge in [0.15, 0.2) is 5.78 Å². The molecule has 1 atom stereocenters. The van der Waals surface area contributed by atoms with E-state index in [2.05, 4.69) is 9.59 Å². The molecule has 1 rings (SSSR count). The molecule has 0 radical (unpaired) electrons. The maximum atomic E-state index is 11.0. The van der Waals surface area contributed by atoms with E-state index >= 15 is 0 Å². The van der Waals surface area contributed by atoms with Crippen LogP contribution in [0.2, 0.25) is 0 Å². The number of nitrogens with two attached hydrogens (primary N) is 1. The third-order valence-electron chi connectivity index (χ3n) is 1.27. The summed E-state index contributed by atoms with van der Waals surface area (Å²) in [7, 11) is 0. The van der Waals surface area contributed by atoms with E-state index in [1.807, 2.05) is 0 Å². The zero-order valence-corrected chi connectivity index (χ0v) is 6.97. The van der Waals surface area contributed by atoms with Gasteiger partial charge in [-0.05, 0) is 18.5 Å². The Labute approximate surface area is 68.6 Å². The molecular weight excluding hydrogens is 162 g/mol. The smallest absolute Gasteiger partial charge is 0.155 e. The summed E-state index contributed by atoms with van der Waals surface area (Å²) in [4.78, 5) is 11.0. The van der Waals surface area contributed by atoms with Gasteiger partial charge in [0.25, 0.3) is 0 Å². The Morgan fingerprint density at radius 3 is 3.09 bits per heavy atom. The maximum Gasteiger partial charge on any atom is 0.155 e. The van der Waals surface area contributed by atoms with Crippen molar-refractivity contribution in [1.82, 2.24) is 9.59 Å². The topological polar surface area (TPSA) is 68.9 Å². The van der Waals surface area contributed by atoms with Crippen molar-refractivity contribution < 1.29 is 4.79 Å². The second kappa shape index (κ2) is 3.54. The van der Waals surface area contributed by atoms with Crippen LogP contribution in [0.15, 0.2) is 5.38 Å². The minimum Gasteiger partial charge on any atom is -0.322 e. The van der Waals surface area contributed by atoms with Gasteiger partial charge in [-0.25, -0.2) is 0 Å². The minimum atomic E-state index is -0.406. The van der Waals surface area contributed by atoms with E-state index in [-0.39, 0.29) is 5.78 Å². The first-order valence-corrected chi connectivity index (χ1v) is 4.08. The average Bonchev–Trinajstić information content (AvgIpc) is 2.39. The molecule has 0 aliphatic rings. The van der Waals surface area contributed by atoms with Crippen LogP contribution in [-0.2, 0) is 11.2 Å². The summed E-state index contributed by atoms with van der Waals surface area (Å²) in [6.07, 6.45) is 0.300. The monoisotopic (exact) mass is 171 g/mol. The van der Waals surface area contributed by atoms with Crippen molar-refractivity contribution in [1.29, 1.82) is 0 Å². The largest absolute Gasteiger partial charge is 0.322 e. The Hall–Kier alpha value is -0.810. The molecule has 0 saturated heterocycles. The Balaban J connectivity index is 2.50. The number of hydrogen-bond acceptors (Lipinski definition) is 5. The number of carbonyl (C=O) groups excluding carboxylic acids is 1. The zero-order valence-electron chi connectivity index (χ0n) is 6.15. The summed E-state index contributed by atoms with van der Waals surface area (Å²) in [5, 5.41) is 5.48. The maximum absolute atomic E-state index is 11.0. The number of rotatable bonds is 3.